The van der Waals surface area contributed by atoms with Crippen molar-refractivity contribution in [1.82, 2.24) is 9.55 Å². The highest BCUT2D eigenvalue weighted by atomic mass is 16.5. The van der Waals surface area contributed by atoms with Gasteiger partial charge >= 0.3 is 5.97 Å². The normalized spacial score (nSPS) is 16.5. The molecule has 0 fully saturated rings. The van der Waals surface area contributed by atoms with Crippen molar-refractivity contribution in [3.05, 3.63) is 64.6 Å². The molecule has 0 saturated heterocycles. The van der Waals surface area contributed by atoms with Crippen LogP contribution in [-0.4, -0.2) is 40.3 Å². The molecular formula is C38H58N3O2+. The van der Waals surface area contributed by atoms with E-state index in [0.29, 0.717) is 13.2 Å². The van der Waals surface area contributed by atoms with Gasteiger partial charge in [-0.15, -0.1) is 0 Å². The van der Waals surface area contributed by atoms with Gasteiger partial charge in [-0.05, 0) is 50.5 Å². The molecule has 0 N–H and O–H groups in total. The summed E-state index contributed by atoms with van der Waals surface area (Å²) in [5.41, 5.74) is 7.84. The van der Waals surface area contributed by atoms with E-state index in [4.69, 9.17) is 4.74 Å². The van der Waals surface area contributed by atoms with Crippen molar-refractivity contribution in [3.63, 3.8) is 0 Å². The summed E-state index contributed by atoms with van der Waals surface area (Å²) >= 11 is 0. The first-order chi connectivity index (χ1) is 20.9. The first-order valence-corrected chi connectivity index (χ1v) is 17.4. The number of carbonyl (C=O) groups excluding carboxylic acids is 1. The third-order valence-electron chi connectivity index (χ3n) is 9.49. The number of aromatic nitrogens is 2. The zero-order valence-corrected chi connectivity index (χ0v) is 27.8. The van der Waals surface area contributed by atoms with Crippen molar-refractivity contribution >= 4 is 16.9 Å². The zero-order chi connectivity index (χ0) is 30.5. The molecule has 0 bridgehead atoms. The fraction of sp³-hybridized carbons (Fsp3) is 0.632. The number of rotatable bonds is 19. The summed E-state index contributed by atoms with van der Waals surface area (Å²) in [6.07, 6.45) is 21.7. The van der Waals surface area contributed by atoms with Crippen LogP contribution in [0.25, 0.3) is 10.9 Å². The topological polar surface area (TPSA) is 44.1 Å². The van der Waals surface area contributed by atoms with E-state index < -0.39 is 0 Å². The Balaban J connectivity index is 1.19. The predicted octanol–water partition coefficient (Wildman–Crippen LogP) is 9.38. The molecule has 4 rings (SSSR count). The number of hydrogen-bond donors (Lipinski definition) is 0. The van der Waals surface area contributed by atoms with E-state index in [1.807, 2.05) is 13.1 Å². The van der Waals surface area contributed by atoms with Crippen LogP contribution in [0.15, 0.2) is 36.5 Å². The number of likely N-dealkylation sites (N-methyl/N-ethyl adjacent to an activating group) is 1. The number of ether oxygens (including phenoxy) is 1. The smallest absolute Gasteiger partial charge is 0.310 e. The number of esters is 1. The summed E-state index contributed by atoms with van der Waals surface area (Å²) in [6, 6.07) is 11.2. The summed E-state index contributed by atoms with van der Waals surface area (Å²) in [4.78, 5) is 17.1. The fourth-order valence-electron chi connectivity index (χ4n) is 6.73. The van der Waals surface area contributed by atoms with Gasteiger partial charge in [0, 0.05) is 53.4 Å². The van der Waals surface area contributed by atoms with E-state index in [0.717, 1.165) is 55.5 Å². The van der Waals surface area contributed by atoms with Crippen molar-refractivity contribution in [2.75, 3.05) is 20.3 Å². The lowest BCUT2D eigenvalue weighted by molar-refractivity contribution is -0.940. The number of carbonyl (C=O) groups is 1. The zero-order valence-electron chi connectivity index (χ0n) is 27.8. The number of pyridine rings is 1. The Hall–Kier alpha value is -2.66. The third kappa shape index (κ3) is 10.2. The molecule has 0 radical (unpaired) electrons. The van der Waals surface area contributed by atoms with Gasteiger partial charge in [-0.2, -0.15) is 0 Å². The molecule has 3 aromatic rings. The number of quaternary nitrogens is 1. The van der Waals surface area contributed by atoms with E-state index in [1.165, 1.54) is 104 Å². The summed E-state index contributed by atoms with van der Waals surface area (Å²) in [5.74, 6) is -0.0294. The van der Waals surface area contributed by atoms with Crippen molar-refractivity contribution < 1.29 is 14.0 Å². The molecule has 0 spiro atoms. The lowest BCUT2D eigenvalue weighted by Crippen LogP contribution is -2.49. The Morgan fingerprint density at radius 3 is 2.23 bits per heavy atom. The second-order valence-electron chi connectivity index (χ2n) is 13.5. The van der Waals surface area contributed by atoms with E-state index in [1.54, 1.807) is 0 Å². The fourth-order valence-corrected chi connectivity index (χ4v) is 6.73. The maximum atomic E-state index is 12.6. The van der Waals surface area contributed by atoms with Crippen LogP contribution in [0.5, 0.6) is 0 Å². The van der Waals surface area contributed by atoms with Gasteiger partial charge in [0.1, 0.15) is 6.54 Å². The van der Waals surface area contributed by atoms with Crippen LogP contribution in [0.2, 0.25) is 0 Å². The molecule has 5 heteroatoms. The monoisotopic (exact) mass is 588 g/mol. The van der Waals surface area contributed by atoms with Crippen LogP contribution in [0.1, 0.15) is 125 Å². The Morgan fingerprint density at radius 1 is 0.907 bits per heavy atom. The quantitative estimate of drug-likeness (QED) is 0.0796. The van der Waals surface area contributed by atoms with Crippen molar-refractivity contribution in [3.8, 4) is 0 Å². The van der Waals surface area contributed by atoms with Crippen LogP contribution >= 0.6 is 0 Å². The van der Waals surface area contributed by atoms with Crippen molar-refractivity contribution in [2.45, 2.75) is 137 Å². The molecule has 3 heterocycles. The number of hydrogen-bond acceptors (Lipinski definition) is 3. The summed E-state index contributed by atoms with van der Waals surface area (Å²) in [5, 5.41) is 1.36. The maximum absolute atomic E-state index is 12.6. The Morgan fingerprint density at radius 2 is 1.58 bits per heavy atom. The van der Waals surface area contributed by atoms with Crippen molar-refractivity contribution in [2.24, 2.45) is 0 Å². The molecule has 0 amide bonds. The minimum absolute atomic E-state index is 0.0294. The van der Waals surface area contributed by atoms with Gasteiger partial charge in [0.15, 0.2) is 0 Å². The van der Waals surface area contributed by atoms with Crippen LogP contribution in [0.3, 0.4) is 0 Å². The highest BCUT2D eigenvalue weighted by Gasteiger charge is 2.34. The van der Waals surface area contributed by atoms with E-state index in [9.17, 15) is 4.79 Å². The van der Waals surface area contributed by atoms with Gasteiger partial charge in [0.05, 0.1) is 13.6 Å². The molecule has 43 heavy (non-hydrogen) atoms. The maximum Gasteiger partial charge on any atom is 0.310 e. The van der Waals surface area contributed by atoms with E-state index >= 15 is 0 Å². The largest absolute Gasteiger partial charge is 0.415 e. The number of unbranched alkanes of at least 4 members (excludes halogenated alkanes) is 12. The first-order valence-electron chi connectivity index (χ1n) is 17.4. The molecule has 1 aromatic carbocycles. The number of fused-ring (bicyclic) bond motifs is 3. The van der Waals surface area contributed by atoms with Gasteiger partial charge in [0.2, 0.25) is 6.73 Å². The molecule has 5 nitrogen and oxygen atoms in total. The van der Waals surface area contributed by atoms with E-state index in [2.05, 4.69) is 60.8 Å². The average Bonchev–Trinajstić information content (AvgIpc) is 3.29. The highest BCUT2D eigenvalue weighted by molar-refractivity contribution is 5.86. The summed E-state index contributed by atoms with van der Waals surface area (Å²) in [6.45, 7) is 9.80. The van der Waals surface area contributed by atoms with Gasteiger partial charge in [0.25, 0.3) is 0 Å². The average molecular weight is 589 g/mol. The van der Waals surface area contributed by atoms with Gasteiger partial charge < -0.3 is 9.30 Å². The Bertz CT molecular complexity index is 1280. The molecule has 1 atom stereocenters. The minimum Gasteiger partial charge on any atom is -0.415 e. The number of aryl methyl sites for hydroxylation is 4. The van der Waals surface area contributed by atoms with E-state index in [-0.39, 0.29) is 5.97 Å². The molecule has 0 aliphatic carbocycles. The third-order valence-corrected chi connectivity index (χ3v) is 9.49. The van der Waals surface area contributed by atoms with Crippen molar-refractivity contribution in [1.29, 1.82) is 0 Å². The molecule has 2 aromatic heterocycles. The lowest BCUT2D eigenvalue weighted by Gasteiger charge is -2.37. The molecule has 1 unspecified atom stereocenters. The Labute approximate surface area is 261 Å². The molecule has 0 saturated carbocycles. The highest BCUT2D eigenvalue weighted by Crippen LogP contribution is 2.34. The van der Waals surface area contributed by atoms with Gasteiger partial charge in [-0.25, -0.2) is 0 Å². The standard InChI is InChI=1S/C38H58N3O2/c1-5-6-7-8-9-10-11-12-13-14-15-16-17-18-38(42)43-30-41(4)26-24-37-35(29-41)34-27-31(2)19-22-36(34)40(37)25-23-33-21-20-32(3)39-28-33/h19-22,27-28H,5-18,23-26,29-30H2,1-4H3/q+1. The van der Waals surface area contributed by atoms with Crippen LogP contribution in [0.4, 0.5) is 0 Å². The number of nitrogens with zero attached hydrogens (tertiary/aromatic N) is 3. The van der Waals surface area contributed by atoms with Gasteiger partial charge in [-0.1, -0.05) is 102 Å². The Kier molecular flexibility index (Phi) is 13.1. The molecular weight excluding hydrogens is 530 g/mol. The van der Waals surface area contributed by atoms with Crippen LogP contribution in [0, 0.1) is 13.8 Å². The summed E-state index contributed by atoms with van der Waals surface area (Å²) in [7, 11) is 2.25. The minimum atomic E-state index is -0.0294. The second-order valence-corrected chi connectivity index (χ2v) is 13.5. The lowest BCUT2D eigenvalue weighted by atomic mass is 10.0. The summed E-state index contributed by atoms with van der Waals surface area (Å²) < 4.78 is 9.18. The second kappa shape index (κ2) is 17.0. The molecule has 236 valence electrons. The predicted molar refractivity (Wildman–Crippen MR) is 179 cm³/mol. The van der Waals surface area contributed by atoms with Crippen LogP contribution < -0.4 is 0 Å². The first kappa shape index (κ1) is 33.2. The SMILES string of the molecule is CCCCCCCCCCCCCCCC(=O)OC[N+]1(C)CCc2c(c3cc(C)ccc3n2CCc2ccc(C)nc2)C1. The molecule has 1 aliphatic heterocycles. The number of benzene rings is 1. The van der Waals surface area contributed by atoms with Crippen LogP contribution in [-0.2, 0) is 35.5 Å². The molecule has 1 aliphatic rings. The van der Waals surface area contributed by atoms with Gasteiger partial charge in [-0.3, -0.25) is 14.3 Å².